The van der Waals surface area contributed by atoms with Crippen LogP contribution in [-0.2, 0) is 0 Å². The Morgan fingerprint density at radius 3 is 2.17 bits per heavy atom. The molecule has 2 aliphatic rings. The number of aldehydes is 1. The lowest BCUT2D eigenvalue weighted by molar-refractivity contribution is 0.112. The van der Waals surface area contributed by atoms with E-state index in [4.69, 9.17) is 0 Å². The molecule has 2 atom stereocenters. The van der Waals surface area contributed by atoms with Gasteiger partial charge in [0, 0.05) is 18.7 Å². The van der Waals surface area contributed by atoms with Crippen LogP contribution in [0.3, 0.4) is 0 Å². The Balaban J connectivity index is 1.91. The first-order chi connectivity index (χ1) is 8.69. The van der Waals surface area contributed by atoms with Crippen LogP contribution in [0.15, 0.2) is 12.1 Å². The SMILES string of the molecule is O=Cc1cc(F)c(N2CC3CCCC3C2)c(F)c1. The molecule has 1 heterocycles. The van der Waals surface area contributed by atoms with E-state index in [-0.39, 0.29) is 11.3 Å². The van der Waals surface area contributed by atoms with Gasteiger partial charge in [0.25, 0.3) is 0 Å². The van der Waals surface area contributed by atoms with Crippen molar-refractivity contribution in [2.45, 2.75) is 19.3 Å². The lowest BCUT2D eigenvalue weighted by atomic mass is 10.0. The van der Waals surface area contributed by atoms with Crippen LogP contribution in [0, 0.1) is 23.5 Å². The first-order valence-electron chi connectivity index (χ1n) is 6.38. The van der Waals surface area contributed by atoms with Gasteiger partial charge < -0.3 is 4.90 Å². The van der Waals surface area contributed by atoms with Gasteiger partial charge in [-0.3, -0.25) is 4.79 Å². The van der Waals surface area contributed by atoms with E-state index in [1.54, 1.807) is 4.90 Å². The minimum Gasteiger partial charge on any atom is -0.366 e. The molecule has 2 nitrogen and oxygen atoms in total. The van der Waals surface area contributed by atoms with Crippen molar-refractivity contribution >= 4 is 12.0 Å². The topological polar surface area (TPSA) is 20.3 Å². The van der Waals surface area contributed by atoms with Crippen molar-refractivity contribution in [1.29, 1.82) is 0 Å². The minimum atomic E-state index is -0.628. The number of nitrogens with zero attached hydrogens (tertiary/aromatic N) is 1. The molecule has 3 rings (SSSR count). The maximum absolute atomic E-state index is 13.9. The summed E-state index contributed by atoms with van der Waals surface area (Å²) in [5, 5.41) is 0. The molecule has 1 saturated carbocycles. The maximum atomic E-state index is 13.9. The molecule has 0 radical (unpaired) electrons. The molecule has 0 aromatic heterocycles. The van der Waals surface area contributed by atoms with Crippen LogP contribution >= 0.6 is 0 Å². The zero-order chi connectivity index (χ0) is 12.7. The number of fused-ring (bicyclic) bond motifs is 1. The summed E-state index contributed by atoms with van der Waals surface area (Å²) < 4.78 is 27.8. The number of carbonyl (C=O) groups excluding carboxylic acids is 1. The predicted molar refractivity (Wildman–Crippen MR) is 64.8 cm³/mol. The highest BCUT2D eigenvalue weighted by molar-refractivity contribution is 5.76. The highest BCUT2D eigenvalue weighted by Crippen LogP contribution is 2.40. The molecule has 0 N–H and O–H groups in total. The van der Waals surface area contributed by atoms with Crippen molar-refractivity contribution in [1.82, 2.24) is 0 Å². The number of benzene rings is 1. The highest BCUT2D eigenvalue weighted by atomic mass is 19.1. The van der Waals surface area contributed by atoms with Crippen LogP contribution in [0.1, 0.15) is 29.6 Å². The Hall–Kier alpha value is -1.45. The van der Waals surface area contributed by atoms with Crippen molar-refractivity contribution < 1.29 is 13.6 Å². The molecular weight excluding hydrogens is 236 g/mol. The van der Waals surface area contributed by atoms with Crippen LogP contribution < -0.4 is 4.90 Å². The lowest BCUT2D eigenvalue weighted by Gasteiger charge is -2.21. The average Bonchev–Trinajstić information content (AvgIpc) is 2.88. The van der Waals surface area contributed by atoms with Crippen LogP contribution in [-0.4, -0.2) is 19.4 Å². The van der Waals surface area contributed by atoms with E-state index in [0.29, 0.717) is 18.1 Å². The molecule has 1 aliphatic carbocycles. The molecule has 2 unspecified atom stereocenters. The summed E-state index contributed by atoms with van der Waals surface area (Å²) in [6.45, 7) is 1.47. The number of rotatable bonds is 2. The number of anilines is 1. The number of hydrogen-bond donors (Lipinski definition) is 0. The first-order valence-corrected chi connectivity index (χ1v) is 6.38. The van der Waals surface area contributed by atoms with E-state index in [9.17, 15) is 13.6 Å². The van der Waals surface area contributed by atoms with E-state index >= 15 is 0 Å². The van der Waals surface area contributed by atoms with Crippen LogP contribution in [0.5, 0.6) is 0 Å². The third-order valence-corrected chi connectivity index (χ3v) is 4.22. The molecule has 96 valence electrons. The quantitative estimate of drug-likeness (QED) is 0.753. The number of hydrogen-bond acceptors (Lipinski definition) is 2. The normalized spacial score (nSPS) is 26.4. The first kappa shape index (κ1) is 11.6. The molecule has 1 aromatic carbocycles. The van der Waals surface area contributed by atoms with E-state index in [1.165, 1.54) is 6.42 Å². The van der Waals surface area contributed by atoms with Crippen molar-refractivity contribution in [3.63, 3.8) is 0 Å². The van der Waals surface area contributed by atoms with Crippen molar-refractivity contribution in [3.8, 4) is 0 Å². The molecular formula is C14H15F2NO. The molecule has 0 amide bonds. The molecule has 4 heteroatoms. The average molecular weight is 251 g/mol. The van der Waals surface area contributed by atoms with Crippen molar-refractivity contribution in [2.75, 3.05) is 18.0 Å². The number of carbonyl (C=O) groups is 1. The Kier molecular flexibility index (Phi) is 2.80. The van der Waals surface area contributed by atoms with Gasteiger partial charge in [-0.15, -0.1) is 0 Å². The van der Waals surface area contributed by atoms with Gasteiger partial charge in [-0.1, -0.05) is 6.42 Å². The molecule has 1 saturated heterocycles. The third kappa shape index (κ3) is 1.80. The second-order valence-corrected chi connectivity index (χ2v) is 5.31. The molecule has 18 heavy (non-hydrogen) atoms. The molecule has 2 fully saturated rings. The Labute approximate surface area is 105 Å². The molecule has 1 aliphatic heterocycles. The standard InChI is InChI=1S/C14H15F2NO/c15-12-4-9(8-18)5-13(16)14(12)17-6-10-2-1-3-11(10)7-17/h4-5,8,10-11H,1-3,6-7H2. The second-order valence-electron chi connectivity index (χ2n) is 5.31. The molecule has 1 aromatic rings. The predicted octanol–water partition coefficient (Wildman–Crippen LogP) is 3.01. The van der Waals surface area contributed by atoms with E-state index in [2.05, 4.69) is 0 Å². The summed E-state index contributed by atoms with van der Waals surface area (Å²) >= 11 is 0. The van der Waals surface area contributed by atoms with Crippen LogP contribution in [0.2, 0.25) is 0 Å². The minimum absolute atomic E-state index is 0.0370. The summed E-state index contributed by atoms with van der Waals surface area (Å²) in [4.78, 5) is 12.4. The highest BCUT2D eigenvalue weighted by Gasteiger charge is 2.37. The summed E-state index contributed by atoms with van der Waals surface area (Å²) in [6, 6.07) is 2.22. The fourth-order valence-corrected chi connectivity index (χ4v) is 3.37. The summed E-state index contributed by atoms with van der Waals surface area (Å²) in [7, 11) is 0. The fourth-order valence-electron chi connectivity index (χ4n) is 3.37. The van der Waals surface area contributed by atoms with Gasteiger partial charge in [0.2, 0.25) is 0 Å². The van der Waals surface area contributed by atoms with E-state index < -0.39 is 11.6 Å². The lowest BCUT2D eigenvalue weighted by Crippen LogP contribution is -2.23. The van der Waals surface area contributed by atoms with E-state index in [1.807, 2.05) is 0 Å². The Morgan fingerprint density at radius 2 is 1.67 bits per heavy atom. The van der Waals surface area contributed by atoms with Crippen molar-refractivity contribution in [3.05, 3.63) is 29.3 Å². The van der Waals surface area contributed by atoms with Crippen molar-refractivity contribution in [2.24, 2.45) is 11.8 Å². The van der Waals surface area contributed by atoms with E-state index in [0.717, 1.165) is 38.1 Å². The zero-order valence-corrected chi connectivity index (χ0v) is 10.0. The monoisotopic (exact) mass is 251 g/mol. The molecule has 0 spiro atoms. The second kappa shape index (κ2) is 4.34. The van der Waals surface area contributed by atoms with Gasteiger partial charge in [0.05, 0.1) is 0 Å². The summed E-state index contributed by atoms with van der Waals surface area (Å²) in [5.74, 6) is -0.0989. The van der Waals surface area contributed by atoms with Gasteiger partial charge >= 0.3 is 0 Å². The fraction of sp³-hybridized carbons (Fsp3) is 0.500. The Bertz CT molecular complexity index is 454. The van der Waals surface area contributed by atoms with Crippen LogP contribution in [0.4, 0.5) is 14.5 Å². The maximum Gasteiger partial charge on any atom is 0.150 e. The smallest absolute Gasteiger partial charge is 0.150 e. The third-order valence-electron chi connectivity index (χ3n) is 4.22. The van der Waals surface area contributed by atoms with Gasteiger partial charge in [0.1, 0.15) is 23.6 Å². The Morgan fingerprint density at radius 1 is 1.11 bits per heavy atom. The van der Waals surface area contributed by atoms with Gasteiger partial charge in [-0.25, -0.2) is 8.78 Å². The van der Waals surface area contributed by atoms with Gasteiger partial charge in [0.15, 0.2) is 0 Å². The summed E-state index contributed by atoms with van der Waals surface area (Å²) in [6.07, 6.45) is 4.03. The van der Waals surface area contributed by atoms with Gasteiger partial charge in [-0.05, 0) is 36.8 Å². The zero-order valence-electron chi connectivity index (χ0n) is 10.0. The van der Waals surface area contributed by atoms with Gasteiger partial charge in [-0.2, -0.15) is 0 Å². The summed E-state index contributed by atoms with van der Waals surface area (Å²) in [5.41, 5.74) is 0.0862. The van der Waals surface area contributed by atoms with Crippen LogP contribution in [0.25, 0.3) is 0 Å². The molecule has 0 bridgehead atoms. The largest absolute Gasteiger partial charge is 0.366 e. The number of halogens is 2.